The predicted molar refractivity (Wildman–Crippen MR) is 113 cm³/mol. The molecule has 0 fully saturated rings. The first kappa shape index (κ1) is 22.6. The molecule has 0 saturated heterocycles. The van der Waals surface area contributed by atoms with Crippen LogP contribution >= 0.6 is 0 Å². The number of rotatable bonds is 3. The number of ketones is 1. The molecular weight excluding hydrogens is 370 g/mol. The van der Waals surface area contributed by atoms with Crippen LogP contribution in [-0.4, -0.2) is 38.5 Å². The van der Waals surface area contributed by atoms with Gasteiger partial charge in [-0.25, -0.2) is 9.78 Å². The minimum atomic E-state index is -0.764. The summed E-state index contributed by atoms with van der Waals surface area (Å²) in [5, 5.41) is 3.92. The van der Waals surface area contributed by atoms with Crippen molar-refractivity contribution >= 4 is 28.7 Å². The molecule has 2 aromatic rings. The van der Waals surface area contributed by atoms with Crippen LogP contribution in [-0.2, 0) is 9.63 Å². The number of fused-ring (bicyclic) bond motifs is 1. The van der Waals surface area contributed by atoms with E-state index in [0.717, 1.165) is 0 Å². The number of hydrogen-bond acceptors (Lipinski definition) is 6. The van der Waals surface area contributed by atoms with Crippen LogP contribution < -0.4 is 0 Å². The zero-order chi connectivity index (χ0) is 22.2. The lowest BCUT2D eigenvalue weighted by atomic mass is 9.88. The molecule has 0 atom stereocenters. The van der Waals surface area contributed by atoms with E-state index in [1.807, 2.05) is 53.7 Å². The van der Waals surface area contributed by atoms with Gasteiger partial charge in [0.2, 0.25) is 5.71 Å². The second-order valence-electron chi connectivity index (χ2n) is 10.0. The van der Waals surface area contributed by atoms with Crippen molar-refractivity contribution < 1.29 is 18.8 Å². The van der Waals surface area contributed by atoms with Crippen molar-refractivity contribution in [3.05, 3.63) is 30.2 Å². The van der Waals surface area contributed by atoms with Crippen molar-refractivity contribution in [2.45, 2.75) is 73.4 Å². The topological polar surface area (TPSA) is 85.0 Å². The third kappa shape index (κ3) is 5.22. The summed E-state index contributed by atoms with van der Waals surface area (Å²) in [4.78, 5) is 37.0. The summed E-state index contributed by atoms with van der Waals surface area (Å²) in [6.07, 6.45) is -0.652. The van der Waals surface area contributed by atoms with E-state index in [2.05, 4.69) is 10.1 Å². The van der Waals surface area contributed by atoms with Crippen LogP contribution in [0.3, 0.4) is 0 Å². The van der Waals surface area contributed by atoms with Gasteiger partial charge in [-0.1, -0.05) is 38.1 Å². The quantitative estimate of drug-likeness (QED) is 0.402. The van der Waals surface area contributed by atoms with Gasteiger partial charge in [0, 0.05) is 16.5 Å². The van der Waals surface area contributed by atoms with Gasteiger partial charge in [-0.05, 0) is 53.7 Å². The second-order valence-corrected chi connectivity index (χ2v) is 10.0. The molecular formula is C22H31N3O4. The highest BCUT2D eigenvalue weighted by molar-refractivity contribution is 6.46. The fraction of sp³-hybridized carbons (Fsp3) is 0.545. The highest BCUT2D eigenvalue weighted by Gasteiger charge is 2.38. The first-order valence-electron chi connectivity index (χ1n) is 9.62. The number of oxazole rings is 1. The lowest BCUT2D eigenvalue weighted by Gasteiger charge is -2.43. The molecule has 1 amide bonds. The average molecular weight is 402 g/mol. The Morgan fingerprint density at radius 2 is 1.52 bits per heavy atom. The van der Waals surface area contributed by atoms with Gasteiger partial charge >= 0.3 is 6.09 Å². The van der Waals surface area contributed by atoms with Gasteiger partial charge in [-0.2, -0.15) is 0 Å². The van der Waals surface area contributed by atoms with E-state index in [4.69, 9.17) is 9.25 Å². The van der Waals surface area contributed by atoms with Gasteiger partial charge in [-0.3, -0.25) is 14.5 Å². The van der Waals surface area contributed by atoms with Crippen LogP contribution in [0.2, 0.25) is 0 Å². The number of para-hydroxylation sites is 2. The fourth-order valence-electron chi connectivity index (χ4n) is 3.19. The molecule has 7 heteroatoms. The molecule has 0 radical (unpaired) electrons. The molecule has 7 nitrogen and oxygen atoms in total. The summed E-state index contributed by atoms with van der Waals surface area (Å²) < 4.78 is 5.71. The molecule has 0 spiro atoms. The molecule has 0 aliphatic heterocycles. The molecule has 0 N–H and O–H groups in total. The number of oxime groups is 1. The summed E-state index contributed by atoms with van der Waals surface area (Å²) in [6, 6.07) is 7.15. The Morgan fingerprint density at radius 3 is 2.00 bits per heavy atom. The SMILES string of the molecule is CC(C)(C)C(=O)C(=NOC(=O)N(C(C)(C)C)C(C)(C)C)c1nc2ccccc2o1. The van der Waals surface area contributed by atoms with Gasteiger partial charge in [0.15, 0.2) is 11.4 Å². The number of carbonyl (C=O) groups excluding carboxylic acids is 2. The first-order chi connectivity index (χ1) is 13.1. The number of aromatic nitrogens is 1. The van der Waals surface area contributed by atoms with E-state index in [0.29, 0.717) is 11.1 Å². The zero-order valence-electron chi connectivity index (χ0n) is 18.8. The molecule has 1 aromatic heterocycles. The minimum absolute atomic E-state index is 0.0250. The number of nitrogens with zero attached hydrogens (tertiary/aromatic N) is 3. The molecule has 0 saturated carbocycles. The number of benzene rings is 1. The third-order valence-corrected chi connectivity index (χ3v) is 4.13. The van der Waals surface area contributed by atoms with Crippen LogP contribution in [0.5, 0.6) is 0 Å². The summed E-state index contributed by atoms with van der Waals surface area (Å²) in [6.45, 7) is 16.7. The Morgan fingerprint density at radius 1 is 0.966 bits per heavy atom. The zero-order valence-corrected chi connectivity index (χ0v) is 18.8. The Kier molecular flexibility index (Phi) is 5.93. The van der Waals surface area contributed by atoms with E-state index < -0.39 is 22.6 Å². The van der Waals surface area contributed by atoms with Crippen molar-refractivity contribution in [1.82, 2.24) is 9.88 Å². The van der Waals surface area contributed by atoms with Gasteiger partial charge in [-0.15, -0.1) is 0 Å². The second kappa shape index (κ2) is 7.61. The molecule has 1 aromatic carbocycles. The lowest BCUT2D eigenvalue weighted by molar-refractivity contribution is -0.119. The van der Waals surface area contributed by atoms with Gasteiger partial charge in [0.25, 0.3) is 5.89 Å². The highest BCUT2D eigenvalue weighted by atomic mass is 16.7. The summed E-state index contributed by atoms with van der Waals surface area (Å²) >= 11 is 0. The molecule has 2 rings (SSSR count). The van der Waals surface area contributed by atoms with Gasteiger partial charge in [0.05, 0.1) is 0 Å². The first-order valence-corrected chi connectivity index (χ1v) is 9.62. The number of hydrogen-bond donors (Lipinski definition) is 0. The van der Waals surface area contributed by atoms with Crippen molar-refractivity contribution in [2.24, 2.45) is 10.6 Å². The van der Waals surface area contributed by atoms with Gasteiger partial charge < -0.3 is 4.42 Å². The number of carbonyl (C=O) groups is 2. The van der Waals surface area contributed by atoms with Crippen LogP contribution in [0.15, 0.2) is 33.8 Å². The Hall–Kier alpha value is -2.70. The normalized spacial score (nSPS) is 13.5. The van der Waals surface area contributed by atoms with E-state index in [1.165, 1.54) is 0 Å². The van der Waals surface area contributed by atoms with Crippen molar-refractivity contribution in [2.75, 3.05) is 0 Å². The van der Waals surface area contributed by atoms with E-state index in [1.54, 1.807) is 37.8 Å². The van der Waals surface area contributed by atoms with Crippen molar-refractivity contribution in [3.63, 3.8) is 0 Å². The molecule has 0 unspecified atom stereocenters. The monoisotopic (exact) mass is 401 g/mol. The summed E-state index contributed by atoms with van der Waals surface area (Å²) in [5.74, 6) is -0.313. The summed E-state index contributed by atoms with van der Waals surface area (Å²) in [5.41, 5.74) is -0.777. The van der Waals surface area contributed by atoms with Crippen molar-refractivity contribution in [3.8, 4) is 0 Å². The molecule has 29 heavy (non-hydrogen) atoms. The Bertz CT molecular complexity index is 890. The van der Waals surface area contributed by atoms with Crippen molar-refractivity contribution in [1.29, 1.82) is 0 Å². The van der Waals surface area contributed by atoms with Crippen LogP contribution in [0.25, 0.3) is 11.1 Å². The molecule has 1 heterocycles. The van der Waals surface area contributed by atoms with E-state index in [-0.39, 0.29) is 17.4 Å². The third-order valence-electron chi connectivity index (χ3n) is 4.13. The maximum atomic E-state index is 13.0. The van der Waals surface area contributed by atoms with Crippen LogP contribution in [0, 0.1) is 5.41 Å². The largest absolute Gasteiger partial charge is 0.436 e. The molecule has 0 bridgehead atoms. The maximum Gasteiger partial charge on any atom is 0.436 e. The number of Topliss-reactive ketones (excluding diaryl/α,β-unsaturated/α-hetero) is 1. The molecule has 158 valence electrons. The fourth-order valence-corrected chi connectivity index (χ4v) is 3.19. The van der Waals surface area contributed by atoms with Crippen LogP contribution in [0.1, 0.15) is 68.2 Å². The smallest absolute Gasteiger partial charge is 0.435 e. The Labute approximate surface area is 172 Å². The van der Waals surface area contributed by atoms with Gasteiger partial charge in [0.1, 0.15) is 5.52 Å². The van der Waals surface area contributed by atoms with Crippen LogP contribution in [0.4, 0.5) is 4.79 Å². The minimum Gasteiger partial charge on any atom is -0.435 e. The Balaban J connectivity index is 2.47. The van der Waals surface area contributed by atoms with E-state index >= 15 is 0 Å². The highest BCUT2D eigenvalue weighted by Crippen LogP contribution is 2.26. The lowest BCUT2D eigenvalue weighted by Crippen LogP contribution is -2.55. The predicted octanol–water partition coefficient (Wildman–Crippen LogP) is 5.18. The molecule has 0 aliphatic rings. The average Bonchev–Trinajstić information content (AvgIpc) is 2.94. The van der Waals surface area contributed by atoms with E-state index in [9.17, 15) is 9.59 Å². The standard InChI is InChI=1S/C22H31N3O4/c1-20(2,3)17(26)16(18-23-14-12-10-11-13-15(14)28-18)24-29-19(27)25(21(4,5)6)22(7,8)9/h10-13H,1-9H3. The molecule has 0 aliphatic carbocycles. The number of amides is 1. The maximum absolute atomic E-state index is 13.0. The summed E-state index contributed by atoms with van der Waals surface area (Å²) in [7, 11) is 0.